The van der Waals surface area contributed by atoms with Crippen LogP contribution in [0.2, 0.25) is 0 Å². The fraction of sp³-hybridized carbons (Fsp3) is 0.462. The van der Waals surface area contributed by atoms with Crippen LogP contribution in [-0.2, 0) is 11.2 Å². The number of aryl methyl sites for hydroxylation is 1. The number of anilines is 1. The van der Waals surface area contributed by atoms with Crippen LogP contribution < -0.4 is 4.90 Å². The van der Waals surface area contributed by atoms with E-state index in [1.807, 2.05) is 43.3 Å². The summed E-state index contributed by atoms with van der Waals surface area (Å²) in [6, 6.07) is 8.03. The number of carbonyl (C=O) groups is 1. The lowest BCUT2D eigenvalue weighted by atomic mass is 10.0. The van der Waals surface area contributed by atoms with Crippen LogP contribution in [0.3, 0.4) is 0 Å². The zero-order valence-electron chi connectivity index (χ0n) is 10.3. The summed E-state index contributed by atoms with van der Waals surface area (Å²) in [5.41, 5.74) is 2.24. The zero-order valence-corrected chi connectivity index (χ0v) is 10.3. The molecule has 1 atom stereocenters. The van der Waals surface area contributed by atoms with Crippen LogP contribution in [0.15, 0.2) is 24.3 Å². The average Bonchev–Trinajstić information content (AvgIpc) is 2.26. The Morgan fingerprint density at radius 1 is 1.29 bits per heavy atom. The minimum absolute atomic E-state index is 0.185. The molecule has 0 aromatic heterocycles. The van der Waals surface area contributed by atoms with Gasteiger partial charge in [-0.1, -0.05) is 12.1 Å². The van der Waals surface area contributed by atoms with E-state index < -0.39 is 12.1 Å². The Morgan fingerprint density at radius 2 is 1.88 bits per heavy atom. The predicted octanol–water partition coefficient (Wildman–Crippen LogP) is 1.52. The Labute approximate surface area is 101 Å². The van der Waals surface area contributed by atoms with Gasteiger partial charge in [0.05, 0.1) is 12.5 Å². The van der Waals surface area contributed by atoms with Crippen molar-refractivity contribution in [2.24, 2.45) is 0 Å². The summed E-state index contributed by atoms with van der Waals surface area (Å²) in [5, 5.41) is 17.9. The van der Waals surface area contributed by atoms with Crippen molar-refractivity contribution in [3.05, 3.63) is 29.8 Å². The van der Waals surface area contributed by atoms with Gasteiger partial charge in [0.1, 0.15) is 0 Å². The highest BCUT2D eigenvalue weighted by atomic mass is 16.4. The van der Waals surface area contributed by atoms with Crippen LogP contribution >= 0.6 is 0 Å². The SMILES string of the molecule is CN(C)c1ccc(CCC(O)CC(=O)O)cc1. The third kappa shape index (κ3) is 4.87. The quantitative estimate of drug-likeness (QED) is 0.787. The molecular weight excluding hydrogens is 218 g/mol. The monoisotopic (exact) mass is 237 g/mol. The summed E-state index contributed by atoms with van der Waals surface area (Å²) >= 11 is 0. The summed E-state index contributed by atoms with van der Waals surface area (Å²) in [6.07, 6.45) is 0.229. The second kappa shape index (κ2) is 6.25. The normalized spacial score (nSPS) is 12.2. The Balaban J connectivity index is 2.44. The Kier molecular flexibility index (Phi) is 4.97. The van der Waals surface area contributed by atoms with Gasteiger partial charge in [-0.15, -0.1) is 0 Å². The van der Waals surface area contributed by atoms with Gasteiger partial charge >= 0.3 is 5.97 Å². The minimum atomic E-state index is -0.958. The molecule has 0 aliphatic rings. The second-order valence-corrected chi connectivity index (χ2v) is 4.35. The van der Waals surface area contributed by atoms with Crippen LogP contribution in [0.1, 0.15) is 18.4 Å². The van der Waals surface area contributed by atoms with Crippen molar-refractivity contribution in [1.29, 1.82) is 0 Å². The first-order valence-corrected chi connectivity index (χ1v) is 5.65. The Hall–Kier alpha value is -1.55. The molecule has 0 aliphatic heterocycles. The van der Waals surface area contributed by atoms with Crippen LogP contribution in [0.4, 0.5) is 5.69 Å². The van der Waals surface area contributed by atoms with E-state index in [4.69, 9.17) is 5.11 Å². The lowest BCUT2D eigenvalue weighted by molar-refractivity contribution is -0.139. The van der Waals surface area contributed by atoms with E-state index in [0.717, 1.165) is 11.3 Å². The molecule has 1 rings (SSSR count). The molecule has 1 aromatic rings. The van der Waals surface area contributed by atoms with Crippen molar-refractivity contribution in [2.45, 2.75) is 25.4 Å². The third-order valence-corrected chi connectivity index (χ3v) is 2.63. The number of nitrogens with zero attached hydrogens (tertiary/aromatic N) is 1. The molecule has 0 fully saturated rings. The molecule has 0 saturated carbocycles. The van der Waals surface area contributed by atoms with E-state index in [1.54, 1.807) is 0 Å². The van der Waals surface area contributed by atoms with Crippen molar-refractivity contribution in [3.63, 3.8) is 0 Å². The molecule has 1 unspecified atom stereocenters. The zero-order chi connectivity index (χ0) is 12.8. The summed E-state index contributed by atoms with van der Waals surface area (Å²) < 4.78 is 0. The van der Waals surface area contributed by atoms with Gasteiger partial charge in [0.25, 0.3) is 0 Å². The van der Waals surface area contributed by atoms with Gasteiger partial charge in [-0.05, 0) is 30.5 Å². The second-order valence-electron chi connectivity index (χ2n) is 4.35. The molecule has 2 N–H and O–H groups in total. The standard InChI is InChI=1S/C13H19NO3/c1-14(2)11-6-3-10(4-7-11)5-8-12(15)9-13(16)17/h3-4,6-7,12,15H,5,8-9H2,1-2H3,(H,16,17). The highest BCUT2D eigenvalue weighted by Crippen LogP contribution is 2.14. The van der Waals surface area contributed by atoms with Gasteiger partial charge < -0.3 is 15.1 Å². The number of hydrogen-bond donors (Lipinski definition) is 2. The fourth-order valence-corrected chi connectivity index (χ4v) is 1.60. The van der Waals surface area contributed by atoms with Gasteiger partial charge in [0, 0.05) is 19.8 Å². The molecule has 0 saturated heterocycles. The lowest BCUT2D eigenvalue weighted by Gasteiger charge is -2.13. The molecule has 0 bridgehead atoms. The van der Waals surface area contributed by atoms with Crippen LogP contribution in [0.25, 0.3) is 0 Å². The van der Waals surface area contributed by atoms with E-state index in [1.165, 1.54) is 0 Å². The summed E-state index contributed by atoms with van der Waals surface area (Å²) in [6.45, 7) is 0. The van der Waals surface area contributed by atoms with Crippen molar-refractivity contribution >= 4 is 11.7 Å². The molecule has 17 heavy (non-hydrogen) atoms. The number of aliphatic hydroxyl groups is 1. The maximum Gasteiger partial charge on any atom is 0.305 e. The molecule has 4 nitrogen and oxygen atoms in total. The maximum absolute atomic E-state index is 10.4. The molecule has 1 aromatic carbocycles. The van der Waals surface area contributed by atoms with Crippen molar-refractivity contribution in [3.8, 4) is 0 Å². The number of aliphatic carboxylic acids is 1. The highest BCUT2D eigenvalue weighted by Gasteiger charge is 2.09. The van der Waals surface area contributed by atoms with Gasteiger partial charge in [-0.25, -0.2) is 0 Å². The summed E-state index contributed by atoms with van der Waals surface area (Å²) in [5.74, 6) is -0.958. The number of carboxylic acids is 1. The number of rotatable bonds is 6. The van der Waals surface area contributed by atoms with Crippen molar-refractivity contribution in [1.82, 2.24) is 0 Å². The molecule has 0 spiro atoms. The number of aliphatic hydroxyl groups excluding tert-OH is 1. The topological polar surface area (TPSA) is 60.8 Å². The molecule has 0 radical (unpaired) electrons. The smallest absolute Gasteiger partial charge is 0.305 e. The Bertz CT molecular complexity index is 359. The van der Waals surface area contributed by atoms with Crippen LogP contribution in [0, 0.1) is 0 Å². The van der Waals surface area contributed by atoms with E-state index in [9.17, 15) is 9.90 Å². The summed E-state index contributed by atoms with van der Waals surface area (Å²) in [4.78, 5) is 12.4. The van der Waals surface area contributed by atoms with Crippen LogP contribution in [0.5, 0.6) is 0 Å². The third-order valence-electron chi connectivity index (χ3n) is 2.63. The first-order valence-electron chi connectivity index (χ1n) is 5.65. The van der Waals surface area contributed by atoms with Crippen molar-refractivity contribution < 1.29 is 15.0 Å². The number of benzene rings is 1. The van der Waals surface area contributed by atoms with Crippen LogP contribution in [-0.4, -0.2) is 36.4 Å². The van der Waals surface area contributed by atoms with E-state index in [0.29, 0.717) is 12.8 Å². The van der Waals surface area contributed by atoms with Crippen molar-refractivity contribution in [2.75, 3.05) is 19.0 Å². The predicted molar refractivity (Wildman–Crippen MR) is 67.3 cm³/mol. The molecule has 4 heteroatoms. The first kappa shape index (κ1) is 13.5. The van der Waals surface area contributed by atoms with Gasteiger partial charge in [-0.2, -0.15) is 0 Å². The molecule has 0 amide bonds. The molecule has 94 valence electrons. The molecular formula is C13H19NO3. The van der Waals surface area contributed by atoms with Gasteiger partial charge in [0.2, 0.25) is 0 Å². The Morgan fingerprint density at radius 3 is 2.35 bits per heavy atom. The van der Waals surface area contributed by atoms with E-state index in [2.05, 4.69) is 0 Å². The summed E-state index contributed by atoms with van der Waals surface area (Å²) in [7, 11) is 3.96. The van der Waals surface area contributed by atoms with Gasteiger partial charge in [-0.3, -0.25) is 4.79 Å². The van der Waals surface area contributed by atoms with E-state index in [-0.39, 0.29) is 6.42 Å². The van der Waals surface area contributed by atoms with E-state index >= 15 is 0 Å². The largest absolute Gasteiger partial charge is 0.481 e. The lowest BCUT2D eigenvalue weighted by Crippen LogP contribution is -2.13. The van der Waals surface area contributed by atoms with Gasteiger partial charge in [0.15, 0.2) is 0 Å². The maximum atomic E-state index is 10.4. The minimum Gasteiger partial charge on any atom is -0.481 e. The average molecular weight is 237 g/mol. The molecule has 0 heterocycles. The fourth-order valence-electron chi connectivity index (χ4n) is 1.60. The number of carboxylic acid groups (broad SMARTS) is 1. The molecule has 0 aliphatic carbocycles. The number of hydrogen-bond acceptors (Lipinski definition) is 3. The highest BCUT2D eigenvalue weighted by molar-refractivity contribution is 5.67. The first-order chi connectivity index (χ1) is 7.99.